The van der Waals surface area contributed by atoms with Crippen LogP contribution in [0.3, 0.4) is 0 Å². The van der Waals surface area contributed by atoms with Crippen LogP contribution < -0.4 is 5.56 Å². The van der Waals surface area contributed by atoms with E-state index in [1.165, 1.54) is 0 Å². The Morgan fingerprint density at radius 1 is 1.07 bits per heavy atom. The fraction of sp³-hybridized carbons (Fsp3) is 0.130. The van der Waals surface area contributed by atoms with E-state index in [0.717, 1.165) is 22.5 Å². The number of aromatic nitrogens is 4. The third-order valence-electron chi connectivity index (χ3n) is 4.72. The number of pyridine rings is 2. The highest BCUT2D eigenvalue weighted by Gasteiger charge is 2.07. The SMILES string of the molecule is Cc1cccc(-n2ccc(Cn3cncc3Cc3ccc(C#N)cc3)cc2=O)n1. The van der Waals surface area contributed by atoms with Gasteiger partial charge in [0.1, 0.15) is 5.82 Å². The number of imidazole rings is 1. The summed E-state index contributed by atoms with van der Waals surface area (Å²) in [6.45, 7) is 2.46. The molecule has 0 saturated carbocycles. The van der Waals surface area contributed by atoms with E-state index in [1.54, 1.807) is 23.2 Å². The summed E-state index contributed by atoms with van der Waals surface area (Å²) in [6.07, 6.45) is 6.06. The molecule has 0 bridgehead atoms. The molecule has 0 N–H and O–H groups in total. The number of rotatable bonds is 5. The number of benzene rings is 1. The summed E-state index contributed by atoms with van der Waals surface area (Å²) in [5.41, 5.74) is 4.44. The summed E-state index contributed by atoms with van der Waals surface area (Å²) in [4.78, 5) is 21.3. The Morgan fingerprint density at radius 3 is 2.62 bits per heavy atom. The van der Waals surface area contributed by atoms with Crippen LogP contribution >= 0.6 is 0 Å². The van der Waals surface area contributed by atoms with Crippen LogP contribution in [0.15, 0.2) is 78.1 Å². The van der Waals surface area contributed by atoms with Gasteiger partial charge in [-0.3, -0.25) is 9.36 Å². The molecule has 6 heteroatoms. The largest absolute Gasteiger partial charge is 0.330 e. The molecule has 142 valence electrons. The summed E-state index contributed by atoms with van der Waals surface area (Å²) in [5.74, 6) is 0.616. The van der Waals surface area contributed by atoms with E-state index in [2.05, 4.69) is 16.0 Å². The Labute approximate surface area is 168 Å². The monoisotopic (exact) mass is 381 g/mol. The highest BCUT2D eigenvalue weighted by molar-refractivity contribution is 5.33. The van der Waals surface area contributed by atoms with Gasteiger partial charge in [0.15, 0.2) is 0 Å². The lowest BCUT2D eigenvalue weighted by molar-refractivity contribution is 0.748. The summed E-state index contributed by atoms with van der Waals surface area (Å²) in [6, 6.07) is 18.8. The molecule has 3 heterocycles. The van der Waals surface area contributed by atoms with Gasteiger partial charge in [-0.2, -0.15) is 5.26 Å². The topological polar surface area (TPSA) is 76.5 Å². The van der Waals surface area contributed by atoms with Crippen LogP contribution in [0.25, 0.3) is 5.82 Å². The van der Waals surface area contributed by atoms with Crippen molar-refractivity contribution in [1.82, 2.24) is 19.1 Å². The molecule has 0 aliphatic carbocycles. The van der Waals surface area contributed by atoms with Crippen LogP contribution in [0, 0.1) is 18.3 Å². The Kier molecular flexibility index (Phi) is 5.04. The van der Waals surface area contributed by atoms with E-state index < -0.39 is 0 Å². The van der Waals surface area contributed by atoms with Gasteiger partial charge in [0.05, 0.1) is 18.0 Å². The minimum absolute atomic E-state index is 0.116. The highest BCUT2D eigenvalue weighted by Crippen LogP contribution is 2.13. The standard InChI is InChI=1S/C23H19N5O/c1-17-3-2-4-22(26-17)28-10-9-20(12-23(28)29)15-27-16-25-14-21(27)11-18-5-7-19(13-24)8-6-18/h2-10,12,14,16H,11,15H2,1H3. The van der Waals surface area contributed by atoms with Gasteiger partial charge in [0.25, 0.3) is 5.56 Å². The van der Waals surface area contributed by atoms with Crippen molar-refractivity contribution in [3.8, 4) is 11.9 Å². The zero-order valence-electron chi connectivity index (χ0n) is 16.0. The van der Waals surface area contributed by atoms with Crippen molar-refractivity contribution in [1.29, 1.82) is 5.26 Å². The molecule has 6 nitrogen and oxygen atoms in total. The third-order valence-corrected chi connectivity index (χ3v) is 4.72. The molecule has 0 amide bonds. The molecule has 0 unspecified atom stereocenters. The summed E-state index contributed by atoms with van der Waals surface area (Å²) < 4.78 is 3.57. The second kappa shape index (κ2) is 7.95. The number of nitrogens with zero attached hydrogens (tertiary/aromatic N) is 5. The second-order valence-corrected chi connectivity index (χ2v) is 6.88. The van der Waals surface area contributed by atoms with Crippen LogP contribution in [-0.2, 0) is 13.0 Å². The number of hydrogen-bond acceptors (Lipinski definition) is 4. The van der Waals surface area contributed by atoms with E-state index in [1.807, 2.05) is 66.2 Å². The average Bonchev–Trinajstić information content (AvgIpc) is 3.15. The Morgan fingerprint density at radius 2 is 1.90 bits per heavy atom. The normalized spacial score (nSPS) is 10.6. The number of nitriles is 1. The minimum atomic E-state index is -0.116. The van der Waals surface area contributed by atoms with Crippen LogP contribution in [-0.4, -0.2) is 19.1 Å². The summed E-state index contributed by atoms with van der Waals surface area (Å²) in [7, 11) is 0. The van der Waals surface area contributed by atoms with Crippen LogP contribution in [0.2, 0.25) is 0 Å². The zero-order chi connectivity index (χ0) is 20.2. The fourth-order valence-electron chi connectivity index (χ4n) is 3.21. The van der Waals surface area contributed by atoms with Gasteiger partial charge < -0.3 is 4.57 Å². The summed E-state index contributed by atoms with van der Waals surface area (Å²) >= 11 is 0. The lowest BCUT2D eigenvalue weighted by Crippen LogP contribution is -2.19. The van der Waals surface area contributed by atoms with Gasteiger partial charge >= 0.3 is 0 Å². The van der Waals surface area contributed by atoms with Crippen molar-refractivity contribution in [2.45, 2.75) is 19.9 Å². The van der Waals surface area contributed by atoms with Gasteiger partial charge in [-0.1, -0.05) is 18.2 Å². The van der Waals surface area contributed by atoms with Gasteiger partial charge in [-0.05, 0) is 48.4 Å². The van der Waals surface area contributed by atoms with E-state index in [4.69, 9.17) is 5.26 Å². The third kappa shape index (κ3) is 4.14. The molecule has 0 aliphatic heterocycles. The minimum Gasteiger partial charge on any atom is -0.330 e. The smallest absolute Gasteiger partial charge is 0.256 e. The first-order valence-electron chi connectivity index (χ1n) is 9.26. The molecule has 4 rings (SSSR count). The number of aryl methyl sites for hydroxylation is 1. The van der Waals surface area contributed by atoms with Crippen molar-refractivity contribution < 1.29 is 0 Å². The van der Waals surface area contributed by atoms with E-state index in [-0.39, 0.29) is 5.56 Å². The molecule has 0 fully saturated rings. The van der Waals surface area contributed by atoms with Crippen molar-refractivity contribution >= 4 is 0 Å². The lowest BCUT2D eigenvalue weighted by atomic mass is 10.1. The van der Waals surface area contributed by atoms with Crippen molar-refractivity contribution in [3.05, 3.63) is 112 Å². The maximum absolute atomic E-state index is 12.6. The molecule has 0 aliphatic rings. The van der Waals surface area contributed by atoms with E-state index in [0.29, 0.717) is 24.3 Å². The molecule has 4 aromatic rings. The second-order valence-electron chi connectivity index (χ2n) is 6.88. The molecule has 0 spiro atoms. The van der Waals surface area contributed by atoms with Crippen LogP contribution in [0.5, 0.6) is 0 Å². The van der Waals surface area contributed by atoms with Crippen molar-refractivity contribution in [2.24, 2.45) is 0 Å². The predicted octanol–water partition coefficient (Wildman–Crippen LogP) is 3.25. The molecular formula is C23H19N5O. The fourth-order valence-corrected chi connectivity index (χ4v) is 3.21. The Hall–Kier alpha value is -3.98. The van der Waals surface area contributed by atoms with Crippen molar-refractivity contribution in [2.75, 3.05) is 0 Å². The van der Waals surface area contributed by atoms with Crippen molar-refractivity contribution in [3.63, 3.8) is 0 Å². The van der Waals surface area contributed by atoms with E-state index in [9.17, 15) is 4.79 Å². The lowest BCUT2D eigenvalue weighted by Gasteiger charge is -2.10. The van der Waals surface area contributed by atoms with E-state index >= 15 is 0 Å². The van der Waals surface area contributed by atoms with Crippen LogP contribution in [0.1, 0.15) is 28.1 Å². The first-order valence-corrected chi connectivity index (χ1v) is 9.26. The Bertz CT molecular complexity index is 1250. The molecule has 0 radical (unpaired) electrons. The quantitative estimate of drug-likeness (QED) is 0.532. The zero-order valence-corrected chi connectivity index (χ0v) is 16.0. The Balaban J connectivity index is 1.54. The molecule has 0 atom stereocenters. The van der Waals surface area contributed by atoms with Crippen LogP contribution in [0.4, 0.5) is 0 Å². The van der Waals surface area contributed by atoms with Gasteiger partial charge in [-0.25, -0.2) is 9.97 Å². The van der Waals surface area contributed by atoms with Gasteiger partial charge in [0.2, 0.25) is 0 Å². The molecule has 0 saturated heterocycles. The van der Waals surface area contributed by atoms with Gasteiger partial charge in [0, 0.05) is 42.8 Å². The first kappa shape index (κ1) is 18.4. The number of hydrogen-bond donors (Lipinski definition) is 0. The molecule has 3 aromatic heterocycles. The molecule has 29 heavy (non-hydrogen) atoms. The summed E-state index contributed by atoms with van der Waals surface area (Å²) in [5, 5.41) is 8.93. The predicted molar refractivity (Wildman–Crippen MR) is 110 cm³/mol. The average molecular weight is 381 g/mol. The highest BCUT2D eigenvalue weighted by atomic mass is 16.1. The maximum Gasteiger partial charge on any atom is 0.256 e. The molecular weight excluding hydrogens is 362 g/mol. The maximum atomic E-state index is 12.6. The van der Waals surface area contributed by atoms with Gasteiger partial charge in [-0.15, -0.1) is 0 Å². The first-order chi connectivity index (χ1) is 14.1. The molecule has 1 aromatic carbocycles.